The number of benzene rings is 1. The van der Waals surface area contributed by atoms with E-state index in [0.717, 1.165) is 0 Å². The number of hydrogen-bond donors (Lipinski definition) is 2. The second-order valence-electron chi connectivity index (χ2n) is 2.17. The van der Waals surface area contributed by atoms with Crippen LogP contribution in [0.1, 0.15) is 0 Å². The van der Waals surface area contributed by atoms with Crippen LogP contribution >= 0.6 is 23.8 Å². The fourth-order valence-electron chi connectivity index (χ4n) is 0.767. The number of thiocarbonyl (C=S) groups is 1. The zero-order valence-corrected chi connectivity index (χ0v) is 11.1. The van der Waals surface area contributed by atoms with Gasteiger partial charge in [-0.2, -0.15) is 5.26 Å². The molecule has 0 saturated heterocycles. The van der Waals surface area contributed by atoms with Crippen molar-refractivity contribution in [1.29, 1.82) is 5.26 Å². The maximum atomic E-state index is 8.26. The molecule has 0 amide bonds. The molecule has 0 saturated carbocycles. The van der Waals surface area contributed by atoms with Crippen molar-refractivity contribution in [3.8, 4) is 6.19 Å². The molecule has 1 aromatic rings. The summed E-state index contributed by atoms with van der Waals surface area (Å²) in [6, 6.07) is 7.14. The molecule has 0 unspecified atom stereocenters. The maximum absolute atomic E-state index is 8.26. The Balaban J connectivity index is 0.00000169. The molecule has 0 aliphatic rings. The number of nitriles is 1. The fraction of sp³-hybridized carbons (Fsp3) is 0. The van der Waals surface area contributed by atoms with Gasteiger partial charge in [-0.15, -0.1) is 0 Å². The topological polar surface area (TPSA) is 47.9 Å². The van der Waals surface area contributed by atoms with Crippen molar-refractivity contribution in [3.63, 3.8) is 0 Å². The second-order valence-corrected chi connectivity index (χ2v) is 2.99. The molecule has 0 spiro atoms. The Morgan fingerprint density at radius 3 is 2.64 bits per heavy atom. The first kappa shape index (κ1) is 13.7. The van der Waals surface area contributed by atoms with E-state index >= 15 is 0 Å². The third kappa shape index (κ3) is 4.27. The molecule has 0 fully saturated rings. The largest absolute Gasteiger partial charge is 0.331 e. The minimum Gasteiger partial charge on any atom is -0.331 e. The summed E-state index contributed by atoms with van der Waals surface area (Å²) in [6.45, 7) is 0. The molecule has 0 aromatic heterocycles. The van der Waals surface area contributed by atoms with Crippen LogP contribution in [0.3, 0.4) is 0 Å². The van der Waals surface area contributed by atoms with Crippen LogP contribution in [0.25, 0.3) is 0 Å². The molecule has 6 heteroatoms. The average molecular weight is 235 g/mol. The maximum Gasteiger partial charge on any atom is 0.184 e. The van der Waals surface area contributed by atoms with Crippen LogP contribution in [0.4, 0.5) is 5.69 Å². The number of para-hydroxylation sites is 1. The number of rotatable bonds is 1. The number of nitrogens with one attached hydrogen (secondary N) is 2. The average Bonchev–Trinajstić information content (AvgIpc) is 2.09. The van der Waals surface area contributed by atoms with E-state index in [-0.39, 0.29) is 34.7 Å². The standard InChI is InChI=1S/C8H6ClN3S.Na/c9-6-3-1-2-4-7(6)12-8(13)11-5-10;/h1-4H,(H2,11,12,13);. The summed E-state index contributed by atoms with van der Waals surface area (Å²) in [7, 11) is 0. The smallest absolute Gasteiger partial charge is 0.184 e. The number of halogens is 1. The van der Waals surface area contributed by atoms with E-state index in [1.165, 1.54) is 0 Å². The summed E-state index contributed by atoms with van der Waals surface area (Å²) >= 11 is 10.6. The third-order valence-electron chi connectivity index (χ3n) is 1.29. The van der Waals surface area contributed by atoms with Gasteiger partial charge in [-0.05, 0) is 24.4 Å². The van der Waals surface area contributed by atoms with Gasteiger partial charge >= 0.3 is 0 Å². The Morgan fingerprint density at radius 1 is 1.43 bits per heavy atom. The van der Waals surface area contributed by atoms with Gasteiger partial charge in [0.2, 0.25) is 0 Å². The normalized spacial score (nSPS) is 8.00. The Hall–Kier alpha value is -0.310. The minimum absolute atomic E-state index is 0. The summed E-state index contributed by atoms with van der Waals surface area (Å²) in [5, 5.41) is 14.1. The number of anilines is 1. The van der Waals surface area contributed by atoms with Gasteiger partial charge in [0.25, 0.3) is 0 Å². The van der Waals surface area contributed by atoms with Crippen molar-refractivity contribution in [3.05, 3.63) is 29.3 Å². The van der Waals surface area contributed by atoms with Gasteiger partial charge in [-0.25, -0.2) is 0 Å². The first-order valence-electron chi connectivity index (χ1n) is 3.44. The van der Waals surface area contributed by atoms with Crippen LogP contribution in [-0.4, -0.2) is 34.7 Å². The molecule has 0 bridgehead atoms. The van der Waals surface area contributed by atoms with E-state index < -0.39 is 0 Å². The van der Waals surface area contributed by atoms with E-state index in [1.807, 2.05) is 12.1 Å². The van der Waals surface area contributed by atoms with Crippen molar-refractivity contribution < 1.29 is 0 Å². The Kier molecular flexibility index (Phi) is 6.89. The van der Waals surface area contributed by atoms with Crippen molar-refractivity contribution >= 4 is 64.2 Å². The first-order chi connectivity index (χ1) is 6.24. The SMILES string of the molecule is N#CNC(=S)Nc1ccccc1Cl.[Na]. The Morgan fingerprint density at radius 2 is 2.07 bits per heavy atom. The summed E-state index contributed by atoms with van der Waals surface area (Å²) in [5.41, 5.74) is 0.678. The van der Waals surface area contributed by atoms with Crippen LogP contribution in [0.5, 0.6) is 0 Å². The molecular formula is C8H6ClN3NaS. The van der Waals surface area contributed by atoms with Crippen LogP contribution in [0.2, 0.25) is 5.02 Å². The number of hydrogen-bond acceptors (Lipinski definition) is 2. The van der Waals surface area contributed by atoms with Gasteiger partial charge in [-0.1, -0.05) is 23.7 Å². The van der Waals surface area contributed by atoms with Gasteiger partial charge in [-0.3, -0.25) is 5.32 Å². The van der Waals surface area contributed by atoms with Gasteiger partial charge < -0.3 is 5.32 Å². The van der Waals surface area contributed by atoms with Crippen molar-refractivity contribution in [1.82, 2.24) is 5.32 Å². The Bertz CT molecular complexity index is 364. The molecule has 3 nitrogen and oxygen atoms in total. The van der Waals surface area contributed by atoms with Crippen molar-refractivity contribution in [2.24, 2.45) is 0 Å². The molecule has 1 rings (SSSR count). The molecule has 2 N–H and O–H groups in total. The van der Waals surface area contributed by atoms with Gasteiger partial charge in [0.1, 0.15) is 0 Å². The van der Waals surface area contributed by atoms with E-state index in [9.17, 15) is 0 Å². The molecule has 1 aromatic carbocycles. The third-order valence-corrected chi connectivity index (χ3v) is 1.83. The van der Waals surface area contributed by atoms with E-state index in [1.54, 1.807) is 18.3 Å². The van der Waals surface area contributed by atoms with Gasteiger partial charge in [0.05, 0.1) is 10.7 Å². The van der Waals surface area contributed by atoms with Crippen molar-refractivity contribution in [2.45, 2.75) is 0 Å². The zero-order chi connectivity index (χ0) is 9.68. The van der Waals surface area contributed by atoms with Gasteiger partial charge in [0, 0.05) is 29.6 Å². The quantitative estimate of drug-likeness (QED) is 0.336. The van der Waals surface area contributed by atoms with Crippen LogP contribution in [0.15, 0.2) is 24.3 Å². The van der Waals surface area contributed by atoms with Gasteiger partial charge in [0.15, 0.2) is 11.3 Å². The van der Waals surface area contributed by atoms with E-state index in [2.05, 4.69) is 10.6 Å². The molecule has 0 aliphatic heterocycles. The first-order valence-corrected chi connectivity index (χ1v) is 4.23. The monoisotopic (exact) mass is 234 g/mol. The van der Waals surface area contributed by atoms with E-state index in [0.29, 0.717) is 10.7 Å². The summed E-state index contributed by atoms with van der Waals surface area (Å²) < 4.78 is 0. The van der Waals surface area contributed by atoms with Crippen LogP contribution in [-0.2, 0) is 0 Å². The van der Waals surface area contributed by atoms with Crippen LogP contribution < -0.4 is 10.6 Å². The summed E-state index contributed by atoms with van der Waals surface area (Å²) in [5.74, 6) is 0. The fourth-order valence-corrected chi connectivity index (χ4v) is 1.11. The number of nitrogens with zero attached hydrogens (tertiary/aromatic N) is 1. The second kappa shape index (κ2) is 7.04. The molecule has 14 heavy (non-hydrogen) atoms. The summed E-state index contributed by atoms with van der Waals surface area (Å²) in [4.78, 5) is 0. The molecular weight excluding hydrogens is 229 g/mol. The molecule has 0 atom stereocenters. The summed E-state index contributed by atoms with van der Waals surface area (Å²) in [6.07, 6.45) is 1.71. The van der Waals surface area contributed by atoms with E-state index in [4.69, 9.17) is 29.1 Å². The predicted molar refractivity (Wildman–Crippen MR) is 62.2 cm³/mol. The minimum atomic E-state index is 0. The predicted octanol–water partition coefficient (Wildman–Crippen LogP) is 1.73. The zero-order valence-electron chi connectivity index (χ0n) is 7.54. The molecule has 0 heterocycles. The van der Waals surface area contributed by atoms with Crippen molar-refractivity contribution in [2.75, 3.05) is 5.32 Å². The molecule has 0 aliphatic carbocycles. The molecule has 1 radical (unpaired) electrons. The molecule has 67 valence electrons. The van der Waals surface area contributed by atoms with Crippen LogP contribution in [0, 0.1) is 11.5 Å². The Labute approximate surface area is 115 Å².